The van der Waals surface area contributed by atoms with Gasteiger partial charge in [-0.1, -0.05) is 0 Å². The Balaban J connectivity index is 2.10. The Kier molecular flexibility index (Phi) is 3.23. The average Bonchev–Trinajstić information content (AvgIpc) is 2.77. The van der Waals surface area contributed by atoms with Crippen molar-refractivity contribution in [3.05, 3.63) is 39.0 Å². The molecular formula is C10H12BrN3S. The zero-order valence-corrected chi connectivity index (χ0v) is 10.8. The van der Waals surface area contributed by atoms with Gasteiger partial charge in [0.25, 0.3) is 0 Å². The van der Waals surface area contributed by atoms with Crippen LogP contribution in [0.4, 0.5) is 0 Å². The molecule has 5 heteroatoms. The van der Waals surface area contributed by atoms with Gasteiger partial charge in [0.2, 0.25) is 0 Å². The Morgan fingerprint density at radius 1 is 1.67 bits per heavy atom. The van der Waals surface area contributed by atoms with Crippen molar-refractivity contribution in [1.82, 2.24) is 9.55 Å². The number of aryl methyl sites for hydroxylation is 1. The largest absolute Gasteiger partial charge is 0.338 e. The Bertz CT molecular complexity index is 449. The number of nitrogens with two attached hydrogens (primary N) is 1. The van der Waals surface area contributed by atoms with Crippen molar-refractivity contribution < 1.29 is 0 Å². The molecule has 2 rings (SSSR count). The number of hydrogen-bond donors (Lipinski definition) is 1. The van der Waals surface area contributed by atoms with Crippen molar-refractivity contribution >= 4 is 27.3 Å². The third-order valence-corrected chi connectivity index (χ3v) is 4.10. The van der Waals surface area contributed by atoms with Gasteiger partial charge in [0.15, 0.2) is 0 Å². The molecule has 2 N–H and O–H groups in total. The molecule has 80 valence electrons. The third-order valence-electron chi connectivity index (χ3n) is 2.28. The highest BCUT2D eigenvalue weighted by Gasteiger charge is 2.11. The molecular weight excluding hydrogens is 274 g/mol. The molecule has 2 aromatic heterocycles. The smallest absolute Gasteiger partial charge is 0.110 e. The van der Waals surface area contributed by atoms with Gasteiger partial charge in [0, 0.05) is 46.6 Å². The van der Waals surface area contributed by atoms with Crippen LogP contribution in [-0.2, 0) is 13.5 Å². The van der Waals surface area contributed by atoms with Crippen molar-refractivity contribution in [2.24, 2.45) is 12.8 Å². The van der Waals surface area contributed by atoms with Crippen LogP contribution < -0.4 is 5.73 Å². The average molecular weight is 286 g/mol. The molecule has 0 fully saturated rings. The number of hydrogen-bond acceptors (Lipinski definition) is 3. The van der Waals surface area contributed by atoms with Gasteiger partial charge in [0.05, 0.1) is 0 Å². The fourth-order valence-corrected chi connectivity index (χ4v) is 2.86. The predicted octanol–water partition coefficient (Wildman–Crippen LogP) is 2.49. The summed E-state index contributed by atoms with van der Waals surface area (Å²) < 4.78 is 3.10. The number of aromatic nitrogens is 2. The molecule has 3 nitrogen and oxygen atoms in total. The standard InChI is InChI=1S/C10H12BrN3S/c1-14-3-2-13-10(14)5-8(12)9-4-7(11)6-15-9/h2-4,6,8H,5,12H2,1H3. The summed E-state index contributed by atoms with van der Waals surface area (Å²) in [5, 5.41) is 2.05. The van der Waals surface area contributed by atoms with Crippen LogP contribution in [0.15, 0.2) is 28.3 Å². The lowest BCUT2D eigenvalue weighted by atomic mass is 10.2. The van der Waals surface area contributed by atoms with Crippen molar-refractivity contribution in [2.45, 2.75) is 12.5 Å². The molecule has 15 heavy (non-hydrogen) atoms. The first-order chi connectivity index (χ1) is 7.16. The highest BCUT2D eigenvalue weighted by molar-refractivity contribution is 9.10. The molecule has 0 saturated carbocycles. The lowest BCUT2D eigenvalue weighted by molar-refractivity contribution is 0.668. The van der Waals surface area contributed by atoms with Gasteiger partial charge < -0.3 is 10.3 Å². The first-order valence-electron chi connectivity index (χ1n) is 4.62. The number of thiophene rings is 1. The summed E-state index contributed by atoms with van der Waals surface area (Å²) in [6.45, 7) is 0. The van der Waals surface area contributed by atoms with Crippen LogP contribution in [0.3, 0.4) is 0 Å². The summed E-state index contributed by atoms with van der Waals surface area (Å²) >= 11 is 5.10. The van der Waals surface area contributed by atoms with Gasteiger partial charge >= 0.3 is 0 Å². The minimum Gasteiger partial charge on any atom is -0.338 e. The van der Waals surface area contributed by atoms with E-state index in [-0.39, 0.29) is 6.04 Å². The van der Waals surface area contributed by atoms with Crippen LogP contribution in [0.25, 0.3) is 0 Å². The minimum atomic E-state index is 0.0300. The van der Waals surface area contributed by atoms with Gasteiger partial charge in [-0.05, 0) is 22.0 Å². The van der Waals surface area contributed by atoms with E-state index in [0.29, 0.717) is 0 Å². The SMILES string of the molecule is Cn1ccnc1CC(N)c1cc(Br)cs1. The molecule has 0 aliphatic rings. The second kappa shape index (κ2) is 4.47. The molecule has 2 aromatic rings. The van der Waals surface area contributed by atoms with Crippen LogP contribution in [0, 0.1) is 0 Å². The lowest BCUT2D eigenvalue weighted by Gasteiger charge is -2.08. The van der Waals surface area contributed by atoms with Gasteiger partial charge in [-0.2, -0.15) is 0 Å². The molecule has 0 aliphatic carbocycles. The quantitative estimate of drug-likeness (QED) is 0.942. The molecule has 0 aromatic carbocycles. The van der Waals surface area contributed by atoms with E-state index in [4.69, 9.17) is 5.73 Å². The Morgan fingerprint density at radius 2 is 2.47 bits per heavy atom. The summed E-state index contributed by atoms with van der Waals surface area (Å²) in [5.74, 6) is 1.02. The van der Waals surface area contributed by atoms with Crippen LogP contribution in [0.2, 0.25) is 0 Å². The van der Waals surface area contributed by atoms with Gasteiger partial charge in [-0.3, -0.25) is 0 Å². The van der Waals surface area contributed by atoms with E-state index in [9.17, 15) is 0 Å². The van der Waals surface area contributed by atoms with Crippen LogP contribution in [0.1, 0.15) is 16.7 Å². The van der Waals surface area contributed by atoms with E-state index in [1.807, 2.05) is 23.2 Å². The maximum absolute atomic E-state index is 6.10. The third kappa shape index (κ3) is 2.48. The molecule has 0 radical (unpaired) electrons. The first-order valence-corrected chi connectivity index (χ1v) is 6.30. The number of nitrogens with zero attached hydrogens (tertiary/aromatic N) is 2. The van der Waals surface area contributed by atoms with Gasteiger partial charge in [0.1, 0.15) is 5.82 Å². The first kappa shape index (κ1) is 10.9. The minimum absolute atomic E-state index is 0.0300. The second-order valence-electron chi connectivity index (χ2n) is 3.43. The maximum atomic E-state index is 6.10. The van der Waals surface area contributed by atoms with Crippen molar-refractivity contribution in [1.29, 1.82) is 0 Å². The number of rotatable bonds is 3. The van der Waals surface area contributed by atoms with E-state index in [0.717, 1.165) is 16.7 Å². The zero-order valence-electron chi connectivity index (χ0n) is 8.35. The summed E-state index contributed by atoms with van der Waals surface area (Å²) in [5.41, 5.74) is 6.10. The van der Waals surface area contributed by atoms with Gasteiger partial charge in [-0.15, -0.1) is 11.3 Å². The fraction of sp³-hybridized carbons (Fsp3) is 0.300. The van der Waals surface area contributed by atoms with E-state index in [2.05, 4.69) is 27.0 Å². The molecule has 0 bridgehead atoms. The topological polar surface area (TPSA) is 43.8 Å². The molecule has 0 aliphatic heterocycles. The molecule has 1 unspecified atom stereocenters. The Hall–Kier alpha value is -0.650. The molecule has 0 saturated heterocycles. The van der Waals surface area contributed by atoms with Crippen LogP contribution in [0.5, 0.6) is 0 Å². The second-order valence-corrected chi connectivity index (χ2v) is 5.29. The van der Waals surface area contributed by atoms with Crippen molar-refractivity contribution in [3.8, 4) is 0 Å². The van der Waals surface area contributed by atoms with Gasteiger partial charge in [-0.25, -0.2) is 4.98 Å². The van der Waals surface area contributed by atoms with Crippen LogP contribution >= 0.6 is 27.3 Å². The highest BCUT2D eigenvalue weighted by atomic mass is 79.9. The molecule has 0 spiro atoms. The Morgan fingerprint density at radius 3 is 3.00 bits per heavy atom. The molecule has 0 amide bonds. The summed E-state index contributed by atoms with van der Waals surface area (Å²) in [6.07, 6.45) is 4.51. The van der Waals surface area contributed by atoms with E-state index in [1.165, 1.54) is 4.88 Å². The monoisotopic (exact) mass is 285 g/mol. The van der Waals surface area contributed by atoms with E-state index >= 15 is 0 Å². The number of imidazole rings is 1. The molecule has 1 atom stereocenters. The summed E-state index contributed by atoms with van der Waals surface area (Å²) in [4.78, 5) is 5.45. The van der Waals surface area contributed by atoms with E-state index < -0.39 is 0 Å². The maximum Gasteiger partial charge on any atom is 0.110 e. The Labute approximate surface area is 101 Å². The molecule has 2 heterocycles. The fourth-order valence-electron chi connectivity index (χ4n) is 1.41. The zero-order chi connectivity index (χ0) is 10.8. The normalized spacial score (nSPS) is 13.0. The highest BCUT2D eigenvalue weighted by Crippen LogP contribution is 2.25. The van der Waals surface area contributed by atoms with Crippen molar-refractivity contribution in [3.63, 3.8) is 0 Å². The number of halogens is 1. The van der Waals surface area contributed by atoms with Crippen LogP contribution in [-0.4, -0.2) is 9.55 Å². The lowest BCUT2D eigenvalue weighted by Crippen LogP contribution is -2.14. The van der Waals surface area contributed by atoms with Crippen molar-refractivity contribution in [2.75, 3.05) is 0 Å². The summed E-state index contributed by atoms with van der Waals surface area (Å²) in [7, 11) is 1.99. The predicted molar refractivity (Wildman–Crippen MR) is 65.9 cm³/mol. The van der Waals surface area contributed by atoms with E-state index in [1.54, 1.807) is 17.5 Å². The summed E-state index contributed by atoms with van der Waals surface area (Å²) in [6, 6.07) is 2.10.